The van der Waals surface area contributed by atoms with Crippen molar-refractivity contribution in [1.82, 2.24) is 58.5 Å². The molecule has 0 heterocycles. The fourth-order valence-corrected chi connectivity index (χ4v) is 6.44. The Labute approximate surface area is 477 Å². The van der Waals surface area contributed by atoms with Gasteiger partial charge >= 0.3 is 12.1 Å². The first-order valence-electron chi connectivity index (χ1n) is 26.4. The number of benzene rings is 1. The molecule has 0 radical (unpaired) electrons. The molecule has 0 fully saturated rings. The van der Waals surface area contributed by atoms with Gasteiger partial charge in [-0.2, -0.15) is 0 Å². The van der Waals surface area contributed by atoms with Crippen LogP contribution >= 0.6 is 0 Å². The molecule has 1 aromatic rings. The minimum absolute atomic E-state index is 0.0433. The van der Waals surface area contributed by atoms with Crippen LogP contribution in [0.2, 0.25) is 0 Å². The van der Waals surface area contributed by atoms with E-state index in [1.165, 1.54) is 152 Å². The molecule has 81 heavy (non-hydrogen) atoms. The van der Waals surface area contributed by atoms with Crippen molar-refractivity contribution in [3.8, 4) is 0 Å². The van der Waals surface area contributed by atoms with Crippen LogP contribution in [0.5, 0.6) is 0 Å². The lowest BCUT2D eigenvalue weighted by molar-refractivity contribution is -0.163. The molecule has 0 saturated heterocycles. The Balaban J connectivity index is 2.98. The summed E-state index contributed by atoms with van der Waals surface area (Å²) in [5.41, 5.74) is -18.3. The predicted molar refractivity (Wildman–Crippen MR) is 302 cm³/mol. The molecule has 0 aromatic heterocycles. The monoisotopic (exact) mass is 1140 g/mol. The molecule has 0 aliphatic rings. The van der Waals surface area contributed by atoms with Gasteiger partial charge in [-0.15, -0.1) is 0 Å². The summed E-state index contributed by atoms with van der Waals surface area (Å²) in [5, 5.41) is 28.3. The van der Waals surface area contributed by atoms with Crippen LogP contribution in [0.15, 0.2) is 30.3 Å². The van der Waals surface area contributed by atoms with Crippen molar-refractivity contribution in [3.63, 3.8) is 0 Å². The van der Waals surface area contributed by atoms with E-state index >= 15 is 0 Å². The molecule has 1 aromatic carbocycles. The minimum atomic E-state index is -1.74. The quantitative estimate of drug-likeness (QED) is 0.0660. The van der Waals surface area contributed by atoms with Gasteiger partial charge in [0.15, 0.2) is 0 Å². The highest BCUT2D eigenvalue weighted by Crippen LogP contribution is 2.20. The molecular formula is C56H93N11O14. The number of ether oxygens (including phenoxy) is 2. The summed E-state index contributed by atoms with van der Waals surface area (Å²) in [5.74, 6) is -8.76. The molecular weight excluding hydrogens is 1050 g/mol. The molecule has 456 valence electrons. The summed E-state index contributed by atoms with van der Waals surface area (Å²) < 4.78 is 10.6. The van der Waals surface area contributed by atoms with Gasteiger partial charge in [0.2, 0.25) is 59.1 Å². The van der Waals surface area contributed by atoms with Crippen molar-refractivity contribution in [1.29, 1.82) is 0 Å². The lowest BCUT2D eigenvalue weighted by Gasteiger charge is -2.38. The molecule has 11 amide bonds. The number of carbonyl (C=O) groups excluding carboxylic acids is 12. The Bertz CT molecular complexity index is 2610. The topological polar surface area (TPSA) is 356 Å². The van der Waals surface area contributed by atoms with Gasteiger partial charge in [0, 0.05) is 0 Å². The largest absolute Gasteiger partial charge is 0.458 e. The van der Waals surface area contributed by atoms with Crippen molar-refractivity contribution in [2.24, 2.45) is 0 Å². The Kier molecular flexibility index (Phi) is 21.9. The zero-order valence-electron chi connectivity index (χ0n) is 52.3. The van der Waals surface area contributed by atoms with Gasteiger partial charge in [0.05, 0.1) is 0 Å². The number of hydrogen-bond acceptors (Lipinski definition) is 14. The summed E-state index contributed by atoms with van der Waals surface area (Å²) >= 11 is 0. The average Bonchev–Trinajstić information content (AvgIpc) is 3.26. The van der Waals surface area contributed by atoms with Crippen LogP contribution in [0.1, 0.15) is 179 Å². The summed E-state index contributed by atoms with van der Waals surface area (Å²) in [6.45, 7) is 35.3. The number of amides is 11. The van der Waals surface area contributed by atoms with E-state index in [4.69, 9.17) is 9.47 Å². The van der Waals surface area contributed by atoms with Gasteiger partial charge in [0.25, 0.3) is 0 Å². The van der Waals surface area contributed by atoms with Crippen molar-refractivity contribution in [2.45, 2.75) is 246 Å². The molecule has 11 N–H and O–H groups in total. The van der Waals surface area contributed by atoms with Gasteiger partial charge in [0.1, 0.15) is 73.1 Å². The first-order chi connectivity index (χ1) is 35.9. The summed E-state index contributed by atoms with van der Waals surface area (Å²) in [7, 11) is 0. The number of rotatable bonds is 24. The standard InChI is InChI=1S/C56H93N11O14/c1-45(2,3)81-43(78)56(24,25)66-41(76)54(20,21)64-39(74)52(16,17)62-37(72)50(12,13)60-35(70)48(8,9)58-33(68)46(4,5)57-34(69)47(6,7)59-36(71)49(10,11)61-38(73)51(14,15)63-40(75)53(18,19)65-42(77)55(22,23)67-44(79)80-31-32-29-27-26-28-30-32/h26-30H,31H2,1-25H3,(H,57,69)(H,58,68)(H,59,71)(H,60,70)(H,61,73)(H,62,72)(H,63,75)(H,64,74)(H,65,77)(H,66,76)(H,67,79). The molecule has 0 saturated carbocycles. The Hall–Kier alpha value is -7.34. The van der Waals surface area contributed by atoms with Crippen LogP contribution in [-0.4, -0.2) is 138 Å². The summed E-state index contributed by atoms with van der Waals surface area (Å²) in [6, 6.07) is 8.89. The van der Waals surface area contributed by atoms with E-state index in [0.29, 0.717) is 0 Å². The number of esters is 1. The lowest BCUT2D eigenvalue weighted by Crippen LogP contribution is -2.70. The van der Waals surface area contributed by atoms with Gasteiger partial charge < -0.3 is 68.0 Å². The van der Waals surface area contributed by atoms with Crippen molar-refractivity contribution < 1.29 is 67.0 Å². The van der Waals surface area contributed by atoms with Crippen LogP contribution in [0, 0.1) is 0 Å². The molecule has 0 unspecified atom stereocenters. The Morgan fingerprint density at radius 1 is 0.284 bits per heavy atom. The van der Waals surface area contributed by atoms with E-state index in [-0.39, 0.29) is 6.61 Å². The van der Waals surface area contributed by atoms with E-state index < -0.39 is 138 Å². The first-order valence-corrected chi connectivity index (χ1v) is 26.4. The third-order valence-corrected chi connectivity index (χ3v) is 12.5. The summed E-state index contributed by atoms with van der Waals surface area (Å²) in [6.07, 6.45) is -0.872. The highest BCUT2D eigenvalue weighted by molar-refractivity contribution is 6.03. The second-order valence-corrected chi connectivity index (χ2v) is 27.1. The van der Waals surface area contributed by atoms with Crippen molar-refractivity contribution in [2.75, 3.05) is 0 Å². The zero-order chi connectivity index (χ0) is 63.9. The van der Waals surface area contributed by atoms with Crippen LogP contribution in [0.25, 0.3) is 0 Å². The Morgan fingerprint density at radius 2 is 0.469 bits per heavy atom. The third-order valence-electron chi connectivity index (χ3n) is 12.5. The fourth-order valence-electron chi connectivity index (χ4n) is 6.44. The Morgan fingerprint density at radius 3 is 0.667 bits per heavy atom. The number of carbonyl (C=O) groups is 12. The van der Waals surface area contributed by atoms with Crippen LogP contribution in [0.3, 0.4) is 0 Å². The zero-order valence-corrected chi connectivity index (χ0v) is 52.3. The molecule has 0 atom stereocenters. The predicted octanol–water partition coefficient (Wildman–Crippen LogP) is 1.98. The highest BCUT2D eigenvalue weighted by Gasteiger charge is 2.47. The molecule has 25 nitrogen and oxygen atoms in total. The smallest absolute Gasteiger partial charge is 0.408 e. The minimum Gasteiger partial charge on any atom is -0.458 e. The van der Waals surface area contributed by atoms with E-state index in [0.717, 1.165) is 5.56 Å². The van der Waals surface area contributed by atoms with Gasteiger partial charge in [-0.05, 0) is 179 Å². The van der Waals surface area contributed by atoms with E-state index in [1.807, 2.05) is 6.07 Å². The fraction of sp³-hybridized carbons (Fsp3) is 0.679. The third kappa shape index (κ3) is 20.9. The summed E-state index contributed by atoms with van der Waals surface area (Å²) in [4.78, 5) is 162. The SMILES string of the molecule is CC(C)(C)OC(=O)C(C)(C)NC(=O)C(C)(C)NC(=O)C(C)(C)NC(=O)C(C)(C)NC(=O)C(C)(C)NC(=O)C(C)(C)NC(=O)C(C)(C)NC(=O)C(C)(C)NC(=O)C(C)(C)NC(=O)C(C)(C)NC(=O)C(C)(C)NC(=O)OCc1ccccc1. The maximum Gasteiger partial charge on any atom is 0.408 e. The second kappa shape index (κ2) is 24.8. The van der Waals surface area contributed by atoms with Crippen LogP contribution in [-0.2, 0) is 68.8 Å². The van der Waals surface area contributed by atoms with Crippen molar-refractivity contribution >= 4 is 71.1 Å². The van der Waals surface area contributed by atoms with Crippen LogP contribution < -0.4 is 58.5 Å². The average molecular weight is 1140 g/mol. The maximum atomic E-state index is 13.8. The van der Waals surface area contributed by atoms with Gasteiger partial charge in [-0.3, -0.25) is 47.9 Å². The van der Waals surface area contributed by atoms with E-state index in [9.17, 15) is 57.5 Å². The number of nitrogens with one attached hydrogen (secondary N) is 11. The molecule has 0 aliphatic carbocycles. The van der Waals surface area contributed by atoms with Crippen molar-refractivity contribution in [3.05, 3.63) is 35.9 Å². The lowest BCUT2D eigenvalue weighted by atomic mass is 9.93. The molecule has 0 bridgehead atoms. The number of alkyl carbamates (subject to hydrolysis) is 1. The molecule has 25 heteroatoms. The second-order valence-electron chi connectivity index (χ2n) is 27.1. The van der Waals surface area contributed by atoms with Crippen LogP contribution in [0.4, 0.5) is 4.79 Å². The molecule has 0 spiro atoms. The molecule has 1 rings (SSSR count). The number of hydrogen-bond donors (Lipinski definition) is 11. The van der Waals surface area contributed by atoms with Gasteiger partial charge in [-0.1, -0.05) is 30.3 Å². The van der Waals surface area contributed by atoms with E-state index in [1.54, 1.807) is 45.0 Å². The van der Waals surface area contributed by atoms with E-state index in [2.05, 4.69) is 58.5 Å². The normalized spacial score (nSPS) is 13.1. The molecule has 0 aliphatic heterocycles. The first kappa shape index (κ1) is 71.7. The highest BCUT2D eigenvalue weighted by atomic mass is 16.6. The maximum absolute atomic E-state index is 13.8. The van der Waals surface area contributed by atoms with Gasteiger partial charge in [-0.25, -0.2) is 9.59 Å².